The highest BCUT2D eigenvalue weighted by atomic mass is 16.5. The zero-order valence-corrected chi connectivity index (χ0v) is 17.5. The summed E-state index contributed by atoms with van der Waals surface area (Å²) in [5.41, 5.74) is 6.29. The highest BCUT2D eigenvalue weighted by molar-refractivity contribution is 6.26. The van der Waals surface area contributed by atoms with Crippen molar-refractivity contribution in [3.63, 3.8) is 0 Å². The average Bonchev–Trinajstić information content (AvgIpc) is 2.84. The van der Waals surface area contributed by atoms with Crippen molar-refractivity contribution in [2.45, 2.75) is 6.92 Å². The van der Waals surface area contributed by atoms with Gasteiger partial charge >= 0.3 is 0 Å². The number of ether oxygens (including phenoxy) is 1. The zero-order valence-electron chi connectivity index (χ0n) is 17.5. The smallest absolute Gasteiger partial charge is 0.220 e. The van der Waals surface area contributed by atoms with Crippen molar-refractivity contribution >= 4 is 16.6 Å². The second kappa shape index (κ2) is 7.17. The highest BCUT2D eigenvalue weighted by Crippen LogP contribution is 2.43. The van der Waals surface area contributed by atoms with Crippen molar-refractivity contribution in [3.05, 3.63) is 114 Å². The first kappa shape index (κ1) is 18.5. The molecule has 0 amide bonds. The number of rotatable bonds is 3. The summed E-state index contributed by atoms with van der Waals surface area (Å²) in [6.45, 7) is 2.05. The molecule has 0 spiro atoms. The van der Waals surface area contributed by atoms with Crippen LogP contribution in [-0.2, 0) is 0 Å². The Kier molecular flexibility index (Phi) is 4.15. The minimum absolute atomic E-state index is 0.0340. The Bertz CT molecular complexity index is 1500. The first-order chi connectivity index (χ1) is 15.7. The largest absolute Gasteiger partial charge is 0.439 e. The van der Waals surface area contributed by atoms with Crippen LogP contribution in [0.2, 0.25) is 0 Å². The van der Waals surface area contributed by atoms with Crippen LogP contribution in [0.5, 0.6) is 11.6 Å². The summed E-state index contributed by atoms with van der Waals surface area (Å²) >= 11 is 0. The number of aryl methyl sites for hydroxylation is 1. The molecule has 0 fully saturated rings. The third-order valence-electron chi connectivity index (χ3n) is 5.97. The van der Waals surface area contributed by atoms with E-state index in [0.29, 0.717) is 17.0 Å². The maximum Gasteiger partial charge on any atom is 0.220 e. The number of ketones is 1. The number of fused-ring (bicyclic) bond motifs is 2. The van der Waals surface area contributed by atoms with Crippen LogP contribution in [0, 0.1) is 6.92 Å². The molecule has 5 aromatic rings. The van der Waals surface area contributed by atoms with Gasteiger partial charge in [0, 0.05) is 28.1 Å². The van der Waals surface area contributed by atoms with E-state index in [1.165, 1.54) is 5.56 Å². The van der Waals surface area contributed by atoms with E-state index >= 15 is 0 Å². The predicted molar refractivity (Wildman–Crippen MR) is 127 cm³/mol. The fourth-order valence-electron chi connectivity index (χ4n) is 4.41. The van der Waals surface area contributed by atoms with Gasteiger partial charge in [0.1, 0.15) is 5.75 Å². The Morgan fingerprint density at radius 3 is 2.16 bits per heavy atom. The Morgan fingerprint density at radius 1 is 0.688 bits per heavy atom. The molecule has 1 aliphatic carbocycles. The van der Waals surface area contributed by atoms with Gasteiger partial charge in [-0.2, -0.15) is 0 Å². The molecular weight excluding hydrogens is 394 g/mol. The summed E-state index contributed by atoms with van der Waals surface area (Å²) in [4.78, 5) is 18.2. The maximum atomic E-state index is 13.3. The number of hydrogen-bond donors (Lipinski definition) is 0. The van der Waals surface area contributed by atoms with Gasteiger partial charge < -0.3 is 4.74 Å². The number of hydrogen-bond acceptors (Lipinski definition) is 3. The average molecular weight is 413 g/mol. The Balaban J connectivity index is 1.66. The minimum atomic E-state index is 0.0340. The molecule has 0 unspecified atom stereocenters. The van der Waals surface area contributed by atoms with Crippen LogP contribution in [0.3, 0.4) is 0 Å². The number of benzene rings is 4. The summed E-state index contributed by atoms with van der Waals surface area (Å²) in [7, 11) is 0. The molecule has 3 nitrogen and oxygen atoms in total. The van der Waals surface area contributed by atoms with Crippen LogP contribution in [0.1, 0.15) is 21.5 Å². The second-order valence-corrected chi connectivity index (χ2v) is 8.05. The summed E-state index contributed by atoms with van der Waals surface area (Å²) in [5, 5.41) is 1.84. The molecular formula is C29H19NO2. The van der Waals surface area contributed by atoms with E-state index in [1.807, 2.05) is 91.9 Å². The SMILES string of the molecule is Cc1ccc(Oc2cc3c(-c4ccccc4)ccc4c3c(n2)-c2ccccc2C4=O)cc1. The van der Waals surface area contributed by atoms with Crippen LogP contribution in [0.15, 0.2) is 97.1 Å². The van der Waals surface area contributed by atoms with Crippen LogP contribution in [0.25, 0.3) is 33.2 Å². The quantitative estimate of drug-likeness (QED) is 0.308. The van der Waals surface area contributed by atoms with Gasteiger partial charge in [-0.05, 0) is 41.6 Å². The highest BCUT2D eigenvalue weighted by Gasteiger charge is 2.28. The van der Waals surface area contributed by atoms with E-state index in [0.717, 1.165) is 38.9 Å². The van der Waals surface area contributed by atoms with Crippen molar-refractivity contribution in [3.8, 4) is 34.0 Å². The van der Waals surface area contributed by atoms with Gasteiger partial charge in [-0.3, -0.25) is 4.79 Å². The van der Waals surface area contributed by atoms with Gasteiger partial charge in [0.05, 0.1) is 5.69 Å². The first-order valence-electron chi connectivity index (χ1n) is 10.6. The molecule has 6 rings (SSSR count). The number of carbonyl (C=O) groups is 1. The number of carbonyl (C=O) groups excluding carboxylic acids is 1. The molecule has 152 valence electrons. The van der Waals surface area contributed by atoms with Crippen LogP contribution in [0.4, 0.5) is 0 Å². The lowest BCUT2D eigenvalue weighted by atomic mass is 9.83. The fourth-order valence-corrected chi connectivity index (χ4v) is 4.41. The predicted octanol–water partition coefficient (Wildman–Crippen LogP) is 7.21. The minimum Gasteiger partial charge on any atom is -0.439 e. The molecule has 1 aromatic heterocycles. The standard InChI is InChI=1S/C29H19NO2/c1-18-11-13-20(14-12-18)32-26-17-25-21(19-7-3-2-4-8-19)15-16-24-27(25)28(30-26)22-9-5-6-10-23(22)29(24)31/h2-17H,1H3. The summed E-state index contributed by atoms with van der Waals surface area (Å²) in [5.74, 6) is 1.27. The molecule has 0 radical (unpaired) electrons. The molecule has 32 heavy (non-hydrogen) atoms. The number of nitrogens with zero attached hydrogens (tertiary/aromatic N) is 1. The Morgan fingerprint density at radius 2 is 1.38 bits per heavy atom. The number of pyridine rings is 1. The normalized spacial score (nSPS) is 12.0. The maximum absolute atomic E-state index is 13.3. The number of aromatic nitrogens is 1. The van der Waals surface area contributed by atoms with Crippen LogP contribution >= 0.6 is 0 Å². The van der Waals surface area contributed by atoms with Crippen molar-refractivity contribution in [2.24, 2.45) is 0 Å². The van der Waals surface area contributed by atoms with E-state index in [-0.39, 0.29) is 5.78 Å². The second-order valence-electron chi connectivity index (χ2n) is 8.05. The lowest BCUT2D eigenvalue weighted by Gasteiger charge is -2.21. The Hall–Kier alpha value is -4.24. The van der Waals surface area contributed by atoms with Gasteiger partial charge in [-0.25, -0.2) is 4.98 Å². The molecule has 0 bridgehead atoms. The lowest BCUT2D eigenvalue weighted by molar-refractivity contribution is 0.104. The molecule has 3 heteroatoms. The lowest BCUT2D eigenvalue weighted by Crippen LogP contribution is -2.11. The van der Waals surface area contributed by atoms with Crippen LogP contribution in [-0.4, -0.2) is 10.8 Å². The van der Waals surface area contributed by atoms with Gasteiger partial charge in [-0.1, -0.05) is 78.4 Å². The monoisotopic (exact) mass is 413 g/mol. The molecule has 0 aliphatic heterocycles. The first-order valence-corrected chi connectivity index (χ1v) is 10.6. The third kappa shape index (κ3) is 2.90. The van der Waals surface area contributed by atoms with E-state index in [9.17, 15) is 4.79 Å². The van der Waals surface area contributed by atoms with Gasteiger partial charge in [-0.15, -0.1) is 0 Å². The molecule has 4 aromatic carbocycles. The summed E-state index contributed by atoms with van der Waals surface area (Å²) < 4.78 is 6.18. The molecule has 1 heterocycles. The van der Waals surface area contributed by atoms with E-state index in [1.54, 1.807) is 0 Å². The van der Waals surface area contributed by atoms with Gasteiger partial charge in [0.2, 0.25) is 5.88 Å². The van der Waals surface area contributed by atoms with E-state index in [2.05, 4.69) is 12.1 Å². The molecule has 0 N–H and O–H groups in total. The van der Waals surface area contributed by atoms with Crippen molar-refractivity contribution < 1.29 is 9.53 Å². The van der Waals surface area contributed by atoms with Gasteiger partial charge in [0.25, 0.3) is 0 Å². The zero-order chi connectivity index (χ0) is 21.7. The molecule has 1 aliphatic rings. The fraction of sp³-hybridized carbons (Fsp3) is 0.0345. The van der Waals surface area contributed by atoms with E-state index < -0.39 is 0 Å². The van der Waals surface area contributed by atoms with Crippen molar-refractivity contribution in [1.82, 2.24) is 4.98 Å². The molecule has 0 saturated carbocycles. The van der Waals surface area contributed by atoms with Crippen LogP contribution < -0.4 is 4.74 Å². The molecule has 0 atom stereocenters. The topological polar surface area (TPSA) is 39.2 Å². The van der Waals surface area contributed by atoms with E-state index in [4.69, 9.17) is 9.72 Å². The molecule has 0 saturated heterocycles. The third-order valence-corrected chi connectivity index (χ3v) is 5.97. The Labute approximate surface area is 186 Å². The summed E-state index contributed by atoms with van der Waals surface area (Å²) in [6, 6.07) is 31.7. The summed E-state index contributed by atoms with van der Waals surface area (Å²) in [6.07, 6.45) is 0. The van der Waals surface area contributed by atoms with Gasteiger partial charge in [0.15, 0.2) is 5.78 Å². The van der Waals surface area contributed by atoms with Crippen molar-refractivity contribution in [1.29, 1.82) is 0 Å². The van der Waals surface area contributed by atoms with Crippen molar-refractivity contribution in [2.75, 3.05) is 0 Å².